The van der Waals surface area contributed by atoms with E-state index in [1.165, 1.54) is 17.0 Å². The van der Waals surface area contributed by atoms with E-state index in [0.717, 1.165) is 15.4 Å². The number of halogens is 2. The molecule has 0 saturated carbocycles. The number of carbonyl (C=O) groups is 2. The van der Waals surface area contributed by atoms with Crippen LogP contribution in [-0.4, -0.2) is 43.8 Å². The van der Waals surface area contributed by atoms with Gasteiger partial charge in [0, 0.05) is 22.6 Å². The number of nitrogens with zero attached hydrogens (tertiary/aromatic N) is 2. The van der Waals surface area contributed by atoms with Gasteiger partial charge in [-0.3, -0.25) is 13.9 Å². The maximum Gasteiger partial charge on any atom is 0.264 e. The van der Waals surface area contributed by atoms with Gasteiger partial charge in [0.15, 0.2) is 0 Å². The molecule has 10 heteroatoms. The summed E-state index contributed by atoms with van der Waals surface area (Å²) in [5.41, 5.74) is 2.66. The average Bonchev–Trinajstić information content (AvgIpc) is 2.95. The Morgan fingerprint density at radius 2 is 1.59 bits per heavy atom. The van der Waals surface area contributed by atoms with Crippen LogP contribution in [0.3, 0.4) is 0 Å². The summed E-state index contributed by atoms with van der Waals surface area (Å²) in [4.78, 5) is 28.7. The number of para-hydroxylation sites is 1. The first-order chi connectivity index (χ1) is 19.4. The molecule has 3 aromatic rings. The molecule has 0 saturated heterocycles. The van der Waals surface area contributed by atoms with Gasteiger partial charge in [-0.25, -0.2) is 8.42 Å². The van der Waals surface area contributed by atoms with Crippen LogP contribution >= 0.6 is 23.2 Å². The van der Waals surface area contributed by atoms with E-state index >= 15 is 0 Å². The molecular formula is C31H37Cl2N3O4S. The predicted molar refractivity (Wildman–Crippen MR) is 166 cm³/mol. The van der Waals surface area contributed by atoms with E-state index in [4.69, 9.17) is 23.2 Å². The van der Waals surface area contributed by atoms with Gasteiger partial charge in [-0.15, -0.1) is 0 Å². The Hall–Kier alpha value is -3.07. The number of benzene rings is 3. The number of aryl methyl sites for hydroxylation is 2. The molecule has 41 heavy (non-hydrogen) atoms. The summed E-state index contributed by atoms with van der Waals surface area (Å²) >= 11 is 12.5. The van der Waals surface area contributed by atoms with Crippen molar-refractivity contribution >= 4 is 50.7 Å². The van der Waals surface area contributed by atoms with E-state index in [-0.39, 0.29) is 23.4 Å². The van der Waals surface area contributed by atoms with Gasteiger partial charge in [-0.2, -0.15) is 0 Å². The molecule has 0 aliphatic heterocycles. The minimum Gasteiger partial charge on any atom is -0.352 e. The zero-order valence-corrected chi connectivity index (χ0v) is 26.4. The van der Waals surface area contributed by atoms with Crippen LogP contribution in [0.15, 0.2) is 71.6 Å². The Morgan fingerprint density at radius 3 is 2.20 bits per heavy atom. The van der Waals surface area contributed by atoms with Crippen LogP contribution in [-0.2, 0) is 32.6 Å². The second kappa shape index (κ2) is 14.2. The second-order valence-corrected chi connectivity index (χ2v) is 12.8. The average molecular weight is 619 g/mol. The van der Waals surface area contributed by atoms with Crippen molar-refractivity contribution in [1.29, 1.82) is 0 Å². The highest BCUT2D eigenvalue weighted by Gasteiger charge is 2.33. The number of hydrogen-bond acceptors (Lipinski definition) is 4. The SMILES string of the molecule is CCc1ccccc1N(CC(=O)N(Cc1ccc(Cl)cc1Cl)[C@@H](C)C(=O)N[C@H](C)CC)S(=O)(=O)c1ccc(C)cc1. The lowest BCUT2D eigenvalue weighted by Crippen LogP contribution is -2.52. The second-order valence-electron chi connectivity index (χ2n) is 10.1. The molecule has 0 radical (unpaired) electrons. The third-order valence-electron chi connectivity index (χ3n) is 7.05. The Morgan fingerprint density at radius 1 is 0.927 bits per heavy atom. The Labute approximate surface area is 253 Å². The molecule has 0 unspecified atom stereocenters. The third kappa shape index (κ3) is 8.03. The number of carbonyl (C=O) groups excluding carboxylic acids is 2. The summed E-state index contributed by atoms with van der Waals surface area (Å²) in [6.07, 6.45) is 1.27. The van der Waals surface area contributed by atoms with E-state index in [1.54, 1.807) is 49.4 Å². The Bertz CT molecular complexity index is 1480. The van der Waals surface area contributed by atoms with Crippen LogP contribution in [0.4, 0.5) is 5.69 Å². The zero-order chi connectivity index (χ0) is 30.3. The van der Waals surface area contributed by atoms with Crippen molar-refractivity contribution in [3.8, 4) is 0 Å². The van der Waals surface area contributed by atoms with Crippen LogP contribution in [0.2, 0.25) is 10.0 Å². The highest BCUT2D eigenvalue weighted by atomic mass is 35.5. The number of amides is 2. The van der Waals surface area contributed by atoms with E-state index in [2.05, 4.69) is 5.32 Å². The van der Waals surface area contributed by atoms with Crippen molar-refractivity contribution in [2.24, 2.45) is 0 Å². The summed E-state index contributed by atoms with van der Waals surface area (Å²) in [6, 6.07) is 17.5. The first kappa shape index (κ1) is 32.4. The van der Waals surface area contributed by atoms with Crippen molar-refractivity contribution in [2.75, 3.05) is 10.8 Å². The summed E-state index contributed by atoms with van der Waals surface area (Å²) in [7, 11) is -4.15. The molecule has 2 amide bonds. The van der Waals surface area contributed by atoms with Crippen LogP contribution in [0.5, 0.6) is 0 Å². The smallest absolute Gasteiger partial charge is 0.264 e. The number of rotatable bonds is 12. The summed E-state index contributed by atoms with van der Waals surface area (Å²) in [6.45, 7) is 8.72. The lowest BCUT2D eigenvalue weighted by atomic mass is 10.1. The molecule has 0 aliphatic rings. The van der Waals surface area contributed by atoms with Gasteiger partial charge in [-0.1, -0.05) is 79.0 Å². The van der Waals surface area contributed by atoms with Gasteiger partial charge in [-0.05, 0) is 75.1 Å². The van der Waals surface area contributed by atoms with Gasteiger partial charge in [0.2, 0.25) is 11.8 Å². The first-order valence-electron chi connectivity index (χ1n) is 13.6. The largest absolute Gasteiger partial charge is 0.352 e. The topological polar surface area (TPSA) is 86.8 Å². The molecule has 1 N–H and O–H groups in total. The molecule has 2 atom stereocenters. The molecule has 0 heterocycles. The fraction of sp³-hybridized carbons (Fsp3) is 0.355. The molecule has 0 spiro atoms. The quantitative estimate of drug-likeness (QED) is 0.255. The van der Waals surface area contributed by atoms with Crippen molar-refractivity contribution < 1.29 is 18.0 Å². The number of anilines is 1. The monoisotopic (exact) mass is 617 g/mol. The lowest BCUT2D eigenvalue weighted by Gasteiger charge is -2.33. The van der Waals surface area contributed by atoms with Crippen LogP contribution in [0, 0.1) is 6.92 Å². The molecule has 7 nitrogen and oxygen atoms in total. The van der Waals surface area contributed by atoms with Gasteiger partial charge in [0.05, 0.1) is 10.6 Å². The van der Waals surface area contributed by atoms with E-state index in [9.17, 15) is 18.0 Å². The van der Waals surface area contributed by atoms with Crippen molar-refractivity contribution in [1.82, 2.24) is 10.2 Å². The normalized spacial score (nSPS) is 12.9. The van der Waals surface area contributed by atoms with Gasteiger partial charge >= 0.3 is 0 Å². The molecule has 0 aromatic heterocycles. The molecular weight excluding hydrogens is 581 g/mol. The molecule has 3 aromatic carbocycles. The fourth-order valence-electron chi connectivity index (χ4n) is 4.29. The highest BCUT2D eigenvalue weighted by molar-refractivity contribution is 7.92. The number of sulfonamides is 1. The number of nitrogens with one attached hydrogen (secondary N) is 1. The van der Waals surface area contributed by atoms with E-state index in [1.807, 2.05) is 39.8 Å². The summed E-state index contributed by atoms with van der Waals surface area (Å²) in [5.74, 6) is -0.899. The molecule has 0 aliphatic carbocycles. The Kier molecular flexibility index (Phi) is 11.2. The minimum atomic E-state index is -4.15. The molecule has 220 valence electrons. The maximum atomic E-state index is 14.1. The van der Waals surface area contributed by atoms with Crippen LogP contribution in [0.1, 0.15) is 50.8 Å². The first-order valence-corrected chi connectivity index (χ1v) is 15.8. The summed E-state index contributed by atoms with van der Waals surface area (Å²) in [5, 5.41) is 3.69. The maximum absolute atomic E-state index is 14.1. The summed E-state index contributed by atoms with van der Waals surface area (Å²) < 4.78 is 29.2. The molecule has 0 fully saturated rings. The zero-order valence-electron chi connectivity index (χ0n) is 24.0. The fourth-order valence-corrected chi connectivity index (χ4v) is 6.21. The van der Waals surface area contributed by atoms with E-state index in [0.29, 0.717) is 34.1 Å². The van der Waals surface area contributed by atoms with Gasteiger partial charge < -0.3 is 10.2 Å². The highest BCUT2D eigenvalue weighted by Crippen LogP contribution is 2.29. The van der Waals surface area contributed by atoms with Crippen LogP contribution < -0.4 is 9.62 Å². The Balaban J connectivity index is 2.08. The number of hydrogen-bond donors (Lipinski definition) is 1. The van der Waals surface area contributed by atoms with E-state index < -0.39 is 28.5 Å². The van der Waals surface area contributed by atoms with Crippen molar-refractivity contribution in [3.63, 3.8) is 0 Å². The van der Waals surface area contributed by atoms with Gasteiger partial charge in [0.1, 0.15) is 12.6 Å². The van der Waals surface area contributed by atoms with Crippen LogP contribution in [0.25, 0.3) is 0 Å². The third-order valence-corrected chi connectivity index (χ3v) is 9.41. The standard InChI is InChI=1S/C31H37Cl2N3O4S/c1-6-22(4)34-31(38)23(5)35(19-25-14-15-26(32)18-28(25)33)30(37)20-36(29-11-9-8-10-24(29)7-2)41(39,40)27-16-12-21(3)13-17-27/h8-18,22-23H,6-7,19-20H2,1-5H3,(H,34,38)/t22-,23+/m1/s1. The van der Waals surface area contributed by atoms with Crippen molar-refractivity contribution in [3.05, 3.63) is 93.5 Å². The van der Waals surface area contributed by atoms with Gasteiger partial charge in [0.25, 0.3) is 10.0 Å². The predicted octanol–water partition coefficient (Wildman–Crippen LogP) is 6.39. The lowest BCUT2D eigenvalue weighted by molar-refractivity contribution is -0.139. The minimum absolute atomic E-state index is 0.0161. The van der Waals surface area contributed by atoms with Crippen molar-refractivity contribution in [2.45, 2.75) is 71.0 Å². The molecule has 0 bridgehead atoms. The molecule has 3 rings (SSSR count).